The first-order chi connectivity index (χ1) is 6.83. The molecule has 1 aliphatic rings. The average molecular weight is 254 g/mol. The Morgan fingerprint density at radius 3 is 3.07 bits per heavy atom. The lowest BCUT2D eigenvalue weighted by atomic mass is 9.81. The van der Waals surface area contributed by atoms with Crippen LogP contribution in [0.1, 0.15) is 36.3 Å². The van der Waals surface area contributed by atoms with Crippen LogP contribution in [0.15, 0.2) is 22.7 Å². The highest BCUT2D eigenvalue weighted by Gasteiger charge is 2.20. The van der Waals surface area contributed by atoms with Crippen molar-refractivity contribution in [1.82, 2.24) is 0 Å². The van der Waals surface area contributed by atoms with Crippen LogP contribution in [0.3, 0.4) is 0 Å². The first-order valence-electron chi connectivity index (χ1n) is 5.30. The Morgan fingerprint density at radius 1 is 1.43 bits per heavy atom. The summed E-state index contributed by atoms with van der Waals surface area (Å²) in [7, 11) is 0. The Bertz CT molecular complexity index is 322. The molecule has 2 rings (SSSR count). The normalized spacial score (nSPS) is 20.6. The predicted octanol–water partition coefficient (Wildman–Crippen LogP) is 3.22. The zero-order chi connectivity index (χ0) is 9.97. The van der Waals surface area contributed by atoms with E-state index in [-0.39, 0.29) is 0 Å². The summed E-state index contributed by atoms with van der Waals surface area (Å²) in [5.74, 6) is 0.696. The number of fused-ring (bicyclic) bond motifs is 1. The lowest BCUT2D eigenvalue weighted by molar-refractivity contribution is 0.525. The van der Waals surface area contributed by atoms with Gasteiger partial charge in [-0.15, -0.1) is 0 Å². The van der Waals surface area contributed by atoms with Gasteiger partial charge in [-0.05, 0) is 55.3 Å². The second-order valence-corrected chi connectivity index (χ2v) is 4.83. The fourth-order valence-electron chi connectivity index (χ4n) is 2.40. The van der Waals surface area contributed by atoms with Crippen molar-refractivity contribution in [2.45, 2.75) is 31.6 Å². The van der Waals surface area contributed by atoms with Gasteiger partial charge in [0, 0.05) is 4.47 Å². The van der Waals surface area contributed by atoms with Gasteiger partial charge < -0.3 is 5.73 Å². The van der Waals surface area contributed by atoms with Crippen molar-refractivity contribution in [3.8, 4) is 0 Å². The van der Waals surface area contributed by atoms with Gasteiger partial charge in [0.1, 0.15) is 0 Å². The standard InChI is InChI=1S/C12H16BrN/c13-12-6-2-4-10-9(7-8-14)3-1-5-11(10)12/h2,4,6,9H,1,3,5,7-8,14H2. The first kappa shape index (κ1) is 10.2. The SMILES string of the molecule is NCCC1CCCc2c(Br)cccc21. The van der Waals surface area contributed by atoms with Gasteiger partial charge in [-0.25, -0.2) is 0 Å². The molecule has 76 valence electrons. The Kier molecular flexibility index (Phi) is 3.24. The third kappa shape index (κ3) is 1.86. The number of benzene rings is 1. The van der Waals surface area contributed by atoms with E-state index in [4.69, 9.17) is 5.73 Å². The largest absolute Gasteiger partial charge is 0.330 e. The second kappa shape index (κ2) is 4.45. The highest BCUT2D eigenvalue weighted by molar-refractivity contribution is 9.10. The molecule has 1 aliphatic carbocycles. The molecule has 2 N–H and O–H groups in total. The van der Waals surface area contributed by atoms with Crippen molar-refractivity contribution < 1.29 is 0 Å². The van der Waals surface area contributed by atoms with Crippen LogP contribution in [0.5, 0.6) is 0 Å². The molecule has 1 aromatic rings. The number of hydrogen-bond acceptors (Lipinski definition) is 1. The molecule has 1 nitrogen and oxygen atoms in total. The van der Waals surface area contributed by atoms with Crippen LogP contribution in [0.2, 0.25) is 0 Å². The summed E-state index contributed by atoms with van der Waals surface area (Å²) in [5.41, 5.74) is 8.68. The van der Waals surface area contributed by atoms with E-state index in [1.807, 2.05) is 0 Å². The van der Waals surface area contributed by atoms with Gasteiger partial charge in [-0.1, -0.05) is 28.1 Å². The maximum absolute atomic E-state index is 5.64. The summed E-state index contributed by atoms with van der Waals surface area (Å²) in [4.78, 5) is 0. The lowest BCUT2D eigenvalue weighted by Crippen LogP contribution is -2.14. The molecular formula is C12H16BrN. The Labute approximate surface area is 93.8 Å². The van der Waals surface area contributed by atoms with Crippen LogP contribution in [-0.4, -0.2) is 6.54 Å². The summed E-state index contributed by atoms with van der Waals surface area (Å²) in [5, 5.41) is 0. The smallest absolute Gasteiger partial charge is 0.0210 e. The van der Waals surface area contributed by atoms with Crippen LogP contribution in [0.4, 0.5) is 0 Å². The van der Waals surface area contributed by atoms with E-state index in [2.05, 4.69) is 34.1 Å². The van der Waals surface area contributed by atoms with Crippen LogP contribution < -0.4 is 5.73 Å². The Hall–Kier alpha value is -0.340. The number of nitrogens with two attached hydrogens (primary N) is 1. The summed E-state index contributed by atoms with van der Waals surface area (Å²) < 4.78 is 1.27. The van der Waals surface area contributed by atoms with Crippen molar-refractivity contribution in [3.05, 3.63) is 33.8 Å². The summed E-state index contributed by atoms with van der Waals surface area (Å²) in [6.45, 7) is 0.802. The van der Waals surface area contributed by atoms with Gasteiger partial charge in [0.05, 0.1) is 0 Å². The van der Waals surface area contributed by atoms with Gasteiger partial charge in [-0.3, -0.25) is 0 Å². The van der Waals surface area contributed by atoms with Gasteiger partial charge in [0.2, 0.25) is 0 Å². The third-order valence-corrected chi connectivity index (χ3v) is 3.83. The Balaban J connectivity index is 2.34. The molecule has 1 atom stereocenters. The average Bonchev–Trinajstić information content (AvgIpc) is 2.20. The maximum atomic E-state index is 5.64. The van der Waals surface area contributed by atoms with Gasteiger partial charge in [0.25, 0.3) is 0 Å². The van der Waals surface area contributed by atoms with E-state index < -0.39 is 0 Å². The van der Waals surface area contributed by atoms with Crippen molar-refractivity contribution in [3.63, 3.8) is 0 Å². The van der Waals surface area contributed by atoms with Crippen molar-refractivity contribution in [2.24, 2.45) is 5.73 Å². The number of halogens is 1. The molecule has 0 saturated carbocycles. The summed E-state index contributed by atoms with van der Waals surface area (Å²) in [6.07, 6.45) is 4.96. The van der Waals surface area contributed by atoms with Crippen LogP contribution >= 0.6 is 15.9 Å². The molecule has 0 saturated heterocycles. The minimum absolute atomic E-state index is 0.696. The zero-order valence-electron chi connectivity index (χ0n) is 8.30. The quantitative estimate of drug-likeness (QED) is 0.861. The molecule has 2 heteroatoms. The fraction of sp³-hybridized carbons (Fsp3) is 0.500. The van der Waals surface area contributed by atoms with E-state index in [9.17, 15) is 0 Å². The highest BCUT2D eigenvalue weighted by Crippen LogP contribution is 2.36. The van der Waals surface area contributed by atoms with Gasteiger partial charge >= 0.3 is 0 Å². The van der Waals surface area contributed by atoms with E-state index in [0.717, 1.165) is 13.0 Å². The molecule has 0 fully saturated rings. The minimum Gasteiger partial charge on any atom is -0.330 e. The molecule has 0 amide bonds. The molecule has 0 aliphatic heterocycles. The fourth-order valence-corrected chi connectivity index (χ4v) is 2.98. The topological polar surface area (TPSA) is 26.0 Å². The summed E-state index contributed by atoms with van der Waals surface area (Å²) >= 11 is 3.63. The molecule has 14 heavy (non-hydrogen) atoms. The van der Waals surface area contributed by atoms with E-state index in [0.29, 0.717) is 5.92 Å². The molecule has 0 heterocycles. The molecule has 0 spiro atoms. The maximum Gasteiger partial charge on any atom is 0.0210 e. The van der Waals surface area contributed by atoms with Crippen LogP contribution in [-0.2, 0) is 6.42 Å². The monoisotopic (exact) mass is 253 g/mol. The minimum atomic E-state index is 0.696. The summed E-state index contributed by atoms with van der Waals surface area (Å²) in [6, 6.07) is 6.54. The molecule has 0 aromatic heterocycles. The molecule has 0 bridgehead atoms. The molecular weight excluding hydrogens is 238 g/mol. The Morgan fingerprint density at radius 2 is 2.29 bits per heavy atom. The molecule has 1 unspecified atom stereocenters. The van der Waals surface area contributed by atoms with E-state index in [1.165, 1.54) is 34.9 Å². The van der Waals surface area contributed by atoms with E-state index in [1.54, 1.807) is 0 Å². The van der Waals surface area contributed by atoms with Gasteiger partial charge in [0.15, 0.2) is 0 Å². The van der Waals surface area contributed by atoms with Crippen LogP contribution in [0.25, 0.3) is 0 Å². The van der Waals surface area contributed by atoms with Crippen molar-refractivity contribution in [1.29, 1.82) is 0 Å². The first-order valence-corrected chi connectivity index (χ1v) is 6.09. The van der Waals surface area contributed by atoms with Gasteiger partial charge in [-0.2, -0.15) is 0 Å². The highest BCUT2D eigenvalue weighted by atomic mass is 79.9. The van der Waals surface area contributed by atoms with Crippen molar-refractivity contribution >= 4 is 15.9 Å². The van der Waals surface area contributed by atoms with Crippen molar-refractivity contribution in [2.75, 3.05) is 6.54 Å². The third-order valence-electron chi connectivity index (χ3n) is 3.09. The van der Waals surface area contributed by atoms with Crippen LogP contribution in [0, 0.1) is 0 Å². The lowest BCUT2D eigenvalue weighted by Gasteiger charge is -2.25. The zero-order valence-corrected chi connectivity index (χ0v) is 9.89. The number of hydrogen-bond donors (Lipinski definition) is 1. The van der Waals surface area contributed by atoms with E-state index >= 15 is 0 Å². The second-order valence-electron chi connectivity index (χ2n) is 3.97. The molecule has 0 radical (unpaired) electrons. The predicted molar refractivity (Wildman–Crippen MR) is 63.5 cm³/mol. The molecule has 1 aromatic carbocycles. The number of rotatable bonds is 2.